The summed E-state index contributed by atoms with van der Waals surface area (Å²) >= 11 is 0. The maximum atomic E-state index is 12.5. The van der Waals surface area contributed by atoms with E-state index in [1.807, 2.05) is 0 Å². The zero-order valence-corrected chi connectivity index (χ0v) is 9.01. The number of nitrogens with one attached hydrogen (secondary N) is 1. The van der Waals surface area contributed by atoms with Crippen molar-refractivity contribution in [2.75, 3.05) is 7.05 Å². The summed E-state index contributed by atoms with van der Waals surface area (Å²) in [7, 11) is 1.71. The molecule has 0 bridgehead atoms. The lowest BCUT2D eigenvalue weighted by Crippen LogP contribution is -2.13. The summed E-state index contributed by atoms with van der Waals surface area (Å²) in [4.78, 5) is 0. The molecule has 0 saturated heterocycles. The van der Waals surface area contributed by atoms with Gasteiger partial charge in [0.25, 0.3) is 0 Å². The van der Waals surface area contributed by atoms with Gasteiger partial charge < -0.3 is 5.32 Å². The van der Waals surface area contributed by atoms with E-state index in [-0.39, 0.29) is 0 Å². The van der Waals surface area contributed by atoms with Gasteiger partial charge in [-0.3, -0.25) is 4.68 Å². The van der Waals surface area contributed by atoms with E-state index < -0.39 is 11.9 Å². The highest BCUT2D eigenvalue weighted by molar-refractivity contribution is 5.13. The first-order valence-corrected chi connectivity index (χ1v) is 5.29. The molecular formula is C10H14F3N3. The summed E-state index contributed by atoms with van der Waals surface area (Å²) in [5.74, 6) is 0.511. The molecule has 0 amide bonds. The van der Waals surface area contributed by atoms with Crippen LogP contribution in [0.1, 0.15) is 24.2 Å². The van der Waals surface area contributed by atoms with Crippen molar-refractivity contribution in [3.63, 3.8) is 0 Å². The SMILES string of the molecule is CNCc1cc(C(F)(F)F)nn1CC1CC1. The molecule has 3 nitrogen and oxygen atoms in total. The molecule has 1 aromatic heterocycles. The summed E-state index contributed by atoms with van der Waals surface area (Å²) < 4.78 is 38.9. The van der Waals surface area contributed by atoms with Crippen LogP contribution in [-0.2, 0) is 19.3 Å². The highest BCUT2D eigenvalue weighted by atomic mass is 19.4. The molecule has 0 spiro atoms. The summed E-state index contributed by atoms with van der Waals surface area (Å²) in [6.45, 7) is 1.02. The van der Waals surface area contributed by atoms with Crippen LogP contribution in [0.2, 0.25) is 0 Å². The largest absolute Gasteiger partial charge is 0.435 e. The molecule has 16 heavy (non-hydrogen) atoms. The first kappa shape index (κ1) is 11.4. The van der Waals surface area contributed by atoms with Crippen molar-refractivity contribution in [1.82, 2.24) is 15.1 Å². The van der Waals surface area contributed by atoms with Gasteiger partial charge in [0.2, 0.25) is 0 Å². The van der Waals surface area contributed by atoms with Gasteiger partial charge in [-0.2, -0.15) is 18.3 Å². The first-order valence-electron chi connectivity index (χ1n) is 5.29. The third kappa shape index (κ3) is 2.55. The Bertz CT molecular complexity index is 366. The van der Waals surface area contributed by atoms with Crippen molar-refractivity contribution in [3.8, 4) is 0 Å². The maximum Gasteiger partial charge on any atom is 0.435 e. The quantitative estimate of drug-likeness (QED) is 0.862. The lowest BCUT2D eigenvalue weighted by molar-refractivity contribution is -0.141. The van der Waals surface area contributed by atoms with Gasteiger partial charge >= 0.3 is 6.18 Å². The second-order valence-electron chi connectivity index (χ2n) is 4.17. The van der Waals surface area contributed by atoms with Crippen LogP contribution in [-0.4, -0.2) is 16.8 Å². The van der Waals surface area contributed by atoms with E-state index in [1.165, 1.54) is 4.68 Å². The number of halogens is 3. The molecule has 90 valence electrons. The van der Waals surface area contributed by atoms with Gasteiger partial charge in [-0.15, -0.1) is 0 Å². The molecule has 0 radical (unpaired) electrons. The molecule has 1 fully saturated rings. The predicted octanol–water partition coefficient (Wildman–Crippen LogP) is 2.03. The summed E-state index contributed by atoms with van der Waals surface area (Å²) in [5.41, 5.74) is -0.194. The van der Waals surface area contributed by atoms with Crippen molar-refractivity contribution in [2.24, 2.45) is 5.92 Å². The van der Waals surface area contributed by atoms with Gasteiger partial charge in [0, 0.05) is 13.1 Å². The van der Waals surface area contributed by atoms with Crippen LogP contribution >= 0.6 is 0 Å². The topological polar surface area (TPSA) is 29.9 Å². The number of aromatic nitrogens is 2. The van der Waals surface area contributed by atoms with Crippen LogP contribution in [0.15, 0.2) is 6.07 Å². The fourth-order valence-corrected chi connectivity index (χ4v) is 1.62. The Balaban J connectivity index is 2.21. The number of nitrogens with zero attached hydrogens (tertiary/aromatic N) is 2. The highest BCUT2D eigenvalue weighted by Gasteiger charge is 2.35. The molecule has 1 saturated carbocycles. The standard InChI is InChI=1S/C10H14F3N3/c1-14-5-8-4-9(10(11,12)13)15-16(8)6-7-2-3-7/h4,7,14H,2-3,5-6H2,1H3. The Labute approximate surface area is 91.6 Å². The Morgan fingerprint density at radius 2 is 2.19 bits per heavy atom. The van der Waals surface area contributed by atoms with E-state index in [0.29, 0.717) is 24.7 Å². The van der Waals surface area contributed by atoms with Gasteiger partial charge in [0.1, 0.15) is 0 Å². The monoisotopic (exact) mass is 233 g/mol. The van der Waals surface area contributed by atoms with Gasteiger partial charge in [-0.25, -0.2) is 0 Å². The molecule has 1 aliphatic carbocycles. The molecule has 0 atom stereocenters. The third-order valence-electron chi connectivity index (χ3n) is 2.64. The second kappa shape index (κ2) is 4.08. The van der Waals surface area contributed by atoms with E-state index in [1.54, 1.807) is 7.05 Å². The van der Waals surface area contributed by atoms with Crippen LogP contribution < -0.4 is 5.32 Å². The first-order chi connectivity index (χ1) is 7.50. The van der Waals surface area contributed by atoms with Gasteiger partial charge in [0.15, 0.2) is 5.69 Å². The van der Waals surface area contributed by atoms with Gasteiger partial charge in [-0.05, 0) is 31.9 Å². The molecule has 1 N–H and O–H groups in total. The molecule has 0 aromatic carbocycles. The van der Waals surface area contributed by atoms with Crippen LogP contribution in [0.3, 0.4) is 0 Å². The van der Waals surface area contributed by atoms with E-state index in [0.717, 1.165) is 18.9 Å². The van der Waals surface area contributed by atoms with Crippen LogP contribution in [0, 0.1) is 5.92 Å². The van der Waals surface area contributed by atoms with E-state index in [4.69, 9.17) is 0 Å². The number of alkyl halides is 3. The third-order valence-corrected chi connectivity index (χ3v) is 2.64. The molecule has 0 aliphatic heterocycles. The fraction of sp³-hybridized carbons (Fsp3) is 0.700. The van der Waals surface area contributed by atoms with Crippen molar-refractivity contribution in [3.05, 3.63) is 17.5 Å². The Hall–Kier alpha value is -1.04. The van der Waals surface area contributed by atoms with Gasteiger partial charge in [-0.1, -0.05) is 0 Å². The Morgan fingerprint density at radius 1 is 1.50 bits per heavy atom. The van der Waals surface area contributed by atoms with Crippen molar-refractivity contribution >= 4 is 0 Å². The van der Waals surface area contributed by atoms with Crippen molar-refractivity contribution in [1.29, 1.82) is 0 Å². The Kier molecular flexibility index (Phi) is 2.92. The number of hydrogen-bond acceptors (Lipinski definition) is 2. The zero-order chi connectivity index (χ0) is 11.8. The molecule has 6 heteroatoms. The van der Waals surface area contributed by atoms with Crippen molar-refractivity contribution < 1.29 is 13.2 Å². The molecule has 0 unspecified atom stereocenters. The minimum Gasteiger partial charge on any atom is -0.314 e. The lowest BCUT2D eigenvalue weighted by Gasteiger charge is -2.05. The maximum absolute atomic E-state index is 12.5. The second-order valence-corrected chi connectivity index (χ2v) is 4.17. The van der Waals surface area contributed by atoms with Gasteiger partial charge in [0.05, 0.1) is 5.69 Å². The minimum absolute atomic E-state index is 0.412. The molecule has 2 rings (SSSR count). The molecular weight excluding hydrogens is 219 g/mol. The minimum atomic E-state index is -4.35. The predicted molar refractivity (Wildman–Crippen MR) is 52.7 cm³/mol. The number of rotatable bonds is 4. The summed E-state index contributed by atoms with van der Waals surface area (Å²) in [6, 6.07) is 1.12. The summed E-state index contributed by atoms with van der Waals surface area (Å²) in [5, 5.41) is 6.49. The van der Waals surface area contributed by atoms with Crippen molar-refractivity contribution in [2.45, 2.75) is 32.1 Å². The van der Waals surface area contributed by atoms with Crippen LogP contribution in [0.5, 0.6) is 0 Å². The smallest absolute Gasteiger partial charge is 0.314 e. The molecule has 1 heterocycles. The van der Waals surface area contributed by atoms with Crippen LogP contribution in [0.4, 0.5) is 13.2 Å². The highest BCUT2D eigenvalue weighted by Crippen LogP contribution is 2.33. The zero-order valence-electron chi connectivity index (χ0n) is 9.01. The average molecular weight is 233 g/mol. The fourth-order valence-electron chi connectivity index (χ4n) is 1.62. The molecule has 1 aliphatic rings. The normalized spacial score (nSPS) is 16.8. The van der Waals surface area contributed by atoms with E-state index in [9.17, 15) is 13.2 Å². The van der Waals surface area contributed by atoms with E-state index in [2.05, 4.69) is 10.4 Å². The lowest BCUT2D eigenvalue weighted by atomic mass is 10.3. The van der Waals surface area contributed by atoms with Crippen LogP contribution in [0.25, 0.3) is 0 Å². The Morgan fingerprint density at radius 3 is 2.69 bits per heavy atom. The summed E-state index contributed by atoms with van der Waals surface area (Å²) in [6.07, 6.45) is -2.16. The molecule has 1 aromatic rings. The average Bonchev–Trinajstić information content (AvgIpc) is 2.88. The van der Waals surface area contributed by atoms with E-state index >= 15 is 0 Å². The number of hydrogen-bond donors (Lipinski definition) is 1.